The van der Waals surface area contributed by atoms with Crippen LogP contribution in [0.2, 0.25) is 0 Å². The minimum atomic E-state index is -0.623. The smallest absolute Gasteiger partial charge is 0.0728 e. The summed E-state index contributed by atoms with van der Waals surface area (Å²) < 4.78 is 0. The SMILES string of the molecule is CC(C)CCC[C@@H](C)[C@@H]1CC[C@@H]2[C@@H]3CC[C@@]4(O)C[C@H](O)CC[C@]4(C)[C@H]3CC[C@@]21C. The molecule has 168 valence electrons. The molecule has 2 N–H and O–H groups in total. The normalized spacial score (nSPS) is 50.7. The summed E-state index contributed by atoms with van der Waals surface area (Å²) in [5.41, 5.74) is -0.0719. The van der Waals surface area contributed by atoms with Gasteiger partial charge in [-0.25, -0.2) is 0 Å². The van der Waals surface area contributed by atoms with Gasteiger partial charge in [0.15, 0.2) is 0 Å². The maximum absolute atomic E-state index is 11.6. The van der Waals surface area contributed by atoms with Crippen LogP contribution in [-0.4, -0.2) is 21.9 Å². The van der Waals surface area contributed by atoms with E-state index >= 15 is 0 Å². The molecule has 0 bridgehead atoms. The molecule has 9 atom stereocenters. The summed E-state index contributed by atoms with van der Waals surface area (Å²) in [5.74, 6) is 4.94. The highest BCUT2D eigenvalue weighted by Crippen LogP contribution is 2.69. The van der Waals surface area contributed by atoms with Gasteiger partial charge in [-0.1, -0.05) is 53.9 Å². The van der Waals surface area contributed by atoms with Gasteiger partial charge in [-0.3, -0.25) is 0 Å². The second-order valence-electron chi connectivity index (χ2n) is 12.8. The van der Waals surface area contributed by atoms with Crippen molar-refractivity contribution in [1.82, 2.24) is 0 Å². The van der Waals surface area contributed by atoms with Gasteiger partial charge in [0.2, 0.25) is 0 Å². The number of hydrogen-bond donors (Lipinski definition) is 2. The largest absolute Gasteiger partial charge is 0.393 e. The lowest BCUT2D eigenvalue weighted by atomic mass is 9.43. The molecule has 0 aliphatic heterocycles. The van der Waals surface area contributed by atoms with Crippen molar-refractivity contribution in [2.45, 2.75) is 123 Å². The summed E-state index contributed by atoms with van der Waals surface area (Å²) in [6, 6.07) is 0. The van der Waals surface area contributed by atoms with Crippen LogP contribution in [0.25, 0.3) is 0 Å². The third-order valence-corrected chi connectivity index (χ3v) is 11.0. The maximum atomic E-state index is 11.6. The third kappa shape index (κ3) is 3.53. The molecule has 0 aromatic carbocycles. The summed E-state index contributed by atoms with van der Waals surface area (Å²) in [7, 11) is 0. The Morgan fingerprint density at radius 1 is 0.862 bits per heavy atom. The molecule has 0 aromatic heterocycles. The Morgan fingerprint density at radius 2 is 1.62 bits per heavy atom. The molecule has 0 amide bonds. The summed E-state index contributed by atoms with van der Waals surface area (Å²) in [5, 5.41) is 21.8. The van der Waals surface area contributed by atoms with E-state index in [4.69, 9.17) is 0 Å². The zero-order chi connectivity index (χ0) is 21.0. The Bertz CT molecular complexity index is 587. The Kier molecular flexibility index (Phi) is 5.95. The molecule has 0 heterocycles. The van der Waals surface area contributed by atoms with E-state index in [1.807, 2.05) is 0 Å². The number of fused-ring (bicyclic) bond motifs is 5. The van der Waals surface area contributed by atoms with Gasteiger partial charge in [-0.15, -0.1) is 0 Å². The van der Waals surface area contributed by atoms with E-state index in [1.165, 1.54) is 51.4 Å². The van der Waals surface area contributed by atoms with Crippen LogP contribution in [0.4, 0.5) is 0 Å². The van der Waals surface area contributed by atoms with E-state index in [1.54, 1.807) is 0 Å². The van der Waals surface area contributed by atoms with Crippen LogP contribution >= 0.6 is 0 Å². The van der Waals surface area contributed by atoms with Crippen molar-refractivity contribution in [3.05, 3.63) is 0 Å². The predicted molar refractivity (Wildman–Crippen MR) is 121 cm³/mol. The summed E-state index contributed by atoms with van der Waals surface area (Å²) in [4.78, 5) is 0. The van der Waals surface area contributed by atoms with Gasteiger partial charge < -0.3 is 10.2 Å². The minimum absolute atomic E-state index is 0.0252. The lowest BCUT2D eigenvalue weighted by Crippen LogP contribution is -2.62. The lowest BCUT2D eigenvalue weighted by molar-refractivity contribution is -0.220. The van der Waals surface area contributed by atoms with Crippen molar-refractivity contribution in [1.29, 1.82) is 0 Å². The highest BCUT2D eigenvalue weighted by molar-refractivity contribution is 5.14. The number of hydrogen-bond acceptors (Lipinski definition) is 2. The zero-order valence-corrected chi connectivity index (χ0v) is 19.9. The molecule has 4 fully saturated rings. The summed E-state index contributed by atoms with van der Waals surface area (Å²) >= 11 is 0. The quantitative estimate of drug-likeness (QED) is 0.543. The van der Waals surface area contributed by atoms with Crippen molar-refractivity contribution < 1.29 is 10.2 Å². The first kappa shape index (κ1) is 22.1. The van der Waals surface area contributed by atoms with Gasteiger partial charge in [0.1, 0.15) is 0 Å². The third-order valence-electron chi connectivity index (χ3n) is 11.0. The fraction of sp³-hybridized carbons (Fsp3) is 1.00. The van der Waals surface area contributed by atoms with Crippen molar-refractivity contribution in [2.24, 2.45) is 46.3 Å². The summed E-state index contributed by atoms with van der Waals surface area (Å²) in [6.07, 6.45) is 14.1. The van der Waals surface area contributed by atoms with Crippen LogP contribution in [0, 0.1) is 46.3 Å². The van der Waals surface area contributed by atoms with Gasteiger partial charge in [-0.05, 0) is 97.7 Å². The van der Waals surface area contributed by atoms with Gasteiger partial charge in [0.25, 0.3) is 0 Å². The van der Waals surface area contributed by atoms with Crippen LogP contribution in [0.15, 0.2) is 0 Å². The van der Waals surface area contributed by atoms with Crippen LogP contribution in [-0.2, 0) is 0 Å². The number of rotatable bonds is 5. The fourth-order valence-corrected chi connectivity index (χ4v) is 9.25. The van der Waals surface area contributed by atoms with Crippen molar-refractivity contribution >= 4 is 0 Å². The molecule has 4 saturated carbocycles. The monoisotopic (exact) mass is 404 g/mol. The molecule has 4 aliphatic carbocycles. The molecule has 0 spiro atoms. The Balaban J connectivity index is 1.49. The molecular formula is C27H48O2. The second kappa shape index (κ2) is 7.80. The van der Waals surface area contributed by atoms with E-state index in [2.05, 4.69) is 34.6 Å². The standard InChI is InChI=1S/C27H48O2/c1-18(2)7-6-8-19(3)22-9-10-23-21-12-16-27(29)17-20(28)11-15-26(27,5)24(21)13-14-25(22,23)4/h18-24,28-29H,6-17H2,1-5H3/t19-,20-,21+,22+,23-,24+,25-,26-,27-/m1/s1. The van der Waals surface area contributed by atoms with E-state index in [0.717, 1.165) is 48.9 Å². The van der Waals surface area contributed by atoms with Crippen LogP contribution < -0.4 is 0 Å². The fourth-order valence-electron chi connectivity index (χ4n) is 9.25. The van der Waals surface area contributed by atoms with Crippen LogP contribution in [0.1, 0.15) is 112 Å². The topological polar surface area (TPSA) is 40.5 Å². The van der Waals surface area contributed by atoms with Gasteiger partial charge in [0.05, 0.1) is 11.7 Å². The van der Waals surface area contributed by atoms with Crippen LogP contribution in [0.3, 0.4) is 0 Å². The average Bonchev–Trinajstić information content (AvgIpc) is 2.99. The molecule has 2 heteroatoms. The highest BCUT2D eigenvalue weighted by atomic mass is 16.3. The first-order chi connectivity index (χ1) is 13.6. The molecule has 2 nitrogen and oxygen atoms in total. The molecule has 4 aliphatic rings. The van der Waals surface area contributed by atoms with Crippen molar-refractivity contribution in [2.75, 3.05) is 0 Å². The van der Waals surface area contributed by atoms with Gasteiger partial charge in [0, 0.05) is 6.42 Å². The predicted octanol–water partition coefficient (Wildman–Crippen LogP) is 6.58. The first-order valence-corrected chi connectivity index (χ1v) is 13.0. The summed E-state index contributed by atoms with van der Waals surface area (Å²) in [6.45, 7) is 12.3. The van der Waals surface area contributed by atoms with Crippen molar-refractivity contribution in [3.63, 3.8) is 0 Å². The van der Waals surface area contributed by atoms with E-state index in [0.29, 0.717) is 17.8 Å². The average molecular weight is 405 g/mol. The minimum Gasteiger partial charge on any atom is -0.393 e. The number of aliphatic hydroxyl groups is 2. The highest BCUT2D eigenvalue weighted by Gasteiger charge is 2.64. The Labute approximate surface area is 180 Å². The van der Waals surface area contributed by atoms with Crippen LogP contribution in [0.5, 0.6) is 0 Å². The molecule has 4 rings (SSSR count). The lowest BCUT2D eigenvalue weighted by Gasteiger charge is -2.64. The van der Waals surface area contributed by atoms with Gasteiger partial charge in [-0.2, -0.15) is 0 Å². The zero-order valence-electron chi connectivity index (χ0n) is 19.9. The molecule has 0 unspecified atom stereocenters. The number of aliphatic hydroxyl groups excluding tert-OH is 1. The van der Waals surface area contributed by atoms with E-state index < -0.39 is 5.60 Å². The maximum Gasteiger partial charge on any atom is 0.0728 e. The molecular weight excluding hydrogens is 356 g/mol. The molecule has 0 radical (unpaired) electrons. The van der Waals surface area contributed by atoms with Crippen molar-refractivity contribution in [3.8, 4) is 0 Å². The van der Waals surface area contributed by atoms with Gasteiger partial charge >= 0.3 is 0 Å². The molecule has 0 saturated heterocycles. The van der Waals surface area contributed by atoms with E-state index in [9.17, 15) is 10.2 Å². The Morgan fingerprint density at radius 3 is 2.34 bits per heavy atom. The first-order valence-electron chi connectivity index (χ1n) is 13.0. The second-order valence-corrected chi connectivity index (χ2v) is 12.8. The molecule has 0 aromatic rings. The molecule has 29 heavy (non-hydrogen) atoms. The van der Waals surface area contributed by atoms with E-state index in [-0.39, 0.29) is 11.5 Å². The Hall–Kier alpha value is -0.0800.